The van der Waals surface area contributed by atoms with Crippen LogP contribution in [0.5, 0.6) is 0 Å². The molecule has 232 valence electrons. The highest BCUT2D eigenvalue weighted by atomic mass is 35.5. The average molecular weight is 679 g/mol. The lowest BCUT2D eigenvalue weighted by Crippen LogP contribution is -2.28. The van der Waals surface area contributed by atoms with Crippen LogP contribution < -0.4 is 10.6 Å². The van der Waals surface area contributed by atoms with Crippen molar-refractivity contribution in [3.63, 3.8) is 0 Å². The fourth-order valence-electron chi connectivity index (χ4n) is 4.38. The van der Waals surface area contributed by atoms with Gasteiger partial charge in [-0.3, -0.25) is 9.59 Å². The number of amides is 2. The lowest BCUT2D eigenvalue weighted by atomic mass is 10.0. The number of nitrogens with zero attached hydrogens (tertiary/aromatic N) is 7. The second kappa shape index (κ2) is 12.8. The molecule has 0 aliphatic heterocycles. The van der Waals surface area contributed by atoms with Crippen molar-refractivity contribution in [1.29, 1.82) is 0 Å². The van der Waals surface area contributed by atoms with Gasteiger partial charge in [-0.1, -0.05) is 53.0 Å². The molecule has 5 rings (SSSR count). The molecule has 0 aliphatic carbocycles. The summed E-state index contributed by atoms with van der Waals surface area (Å²) in [6, 6.07) is 13.9. The molecule has 2 amide bonds. The van der Waals surface area contributed by atoms with E-state index >= 15 is 0 Å². The van der Waals surface area contributed by atoms with E-state index in [1.54, 1.807) is 50.2 Å². The third kappa shape index (κ3) is 7.08. The molecule has 3 aromatic heterocycles. The Bertz CT molecular complexity index is 1910. The summed E-state index contributed by atoms with van der Waals surface area (Å²) < 4.78 is 40.1. The van der Waals surface area contributed by atoms with E-state index in [4.69, 9.17) is 34.8 Å². The molecule has 1 atom stereocenters. The normalized spacial score (nSPS) is 12.2. The van der Waals surface area contributed by atoms with Crippen LogP contribution in [0.2, 0.25) is 15.1 Å². The van der Waals surface area contributed by atoms with Gasteiger partial charge in [-0.05, 0) is 66.6 Å². The number of hydrogen-bond donors (Lipinski definition) is 2. The number of aryl methyl sites for hydroxylation is 1. The molecule has 0 radical (unpaired) electrons. The summed E-state index contributed by atoms with van der Waals surface area (Å²) in [6.07, 6.45) is -3.37. The molecule has 45 heavy (non-hydrogen) atoms. The van der Waals surface area contributed by atoms with Gasteiger partial charge in [0.05, 0.1) is 28.0 Å². The molecule has 3 heterocycles. The summed E-state index contributed by atoms with van der Waals surface area (Å²) in [6.45, 7) is 3.05. The summed E-state index contributed by atoms with van der Waals surface area (Å²) in [5.74, 6) is -2.64. The topological polar surface area (TPSA) is 133 Å². The first-order valence-corrected chi connectivity index (χ1v) is 14.2. The number of hydrogen-bond acceptors (Lipinski definition) is 7. The molecule has 0 saturated carbocycles. The molecular formula is C28H21Cl3F3N9O2. The highest BCUT2D eigenvalue weighted by Gasteiger charge is 2.37. The number of anilines is 1. The number of carbonyl (C=O) groups is 2. The summed E-state index contributed by atoms with van der Waals surface area (Å²) >= 11 is 18.9. The fourth-order valence-corrected chi connectivity index (χ4v) is 5.15. The van der Waals surface area contributed by atoms with Crippen molar-refractivity contribution in [1.82, 2.24) is 40.3 Å². The largest absolute Gasteiger partial charge is 0.455 e. The van der Waals surface area contributed by atoms with Crippen LogP contribution in [0.4, 0.5) is 18.9 Å². The number of carbonyl (C=O) groups excluding carboxylic acids is 2. The number of aromatic nitrogens is 7. The smallest absolute Gasteiger partial charge is 0.345 e. The Balaban J connectivity index is 1.49. The van der Waals surface area contributed by atoms with E-state index in [1.807, 2.05) is 0 Å². The predicted molar refractivity (Wildman–Crippen MR) is 160 cm³/mol. The number of nitrogens with one attached hydrogen (secondary N) is 2. The number of halogens is 6. The van der Waals surface area contributed by atoms with Gasteiger partial charge in [0.15, 0.2) is 5.82 Å². The van der Waals surface area contributed by atoms with Crippen LogP contribution in [0.3, 0.4) is 0 Å². The maximum absolute atomic E-state index is 13.8. The maximum atomic E-state index is 13.8. The molecule has 11 nitrogen and oxygen atoms in total. The van der Waals surface area contributed by atoms with Gasteiger partial charge in [0.1, 0.15) is 12.2 Å². The van der Waals surface area contributed by atoms with Gasteiger partial charge in [0.2, 0.25) is 0 Å². The molecular weight excluding hydrogens is 658 g/mol. The molecule has 2 aromatic carbocycles. The zero-order valence-corrected chi connectivity index (χ0v) is 25.5. The SMILES string of the molecule is Cc1cc(Cl)cc(C(=O)NC(C)c2ccccc2Cl)c1NC(=O)c1cc(Cn2nnc(C(F)(F)F)n2)nn1-c1ncccc1Cl. The van der Waals surface area contributed by atoms with Crippen molar-refractivity contribution < 1.29 is 22.8 Å². The average Bonchev–Trinajstić information content (AvgIpc) is 3.62. The first kappa shape index (κ1) is 31.9. The highest BCUT2D eigenvalue weighted by Crippen LogP contribution is 2.29. The minimum Gasteiger partial charge on any atom is -0.345 e. The first-order valence-electron chi connectivity index (χ1n) is 13.0. The van der Waals surface area contributed by atoms with Gasteiger partial charge in [0.25, 0.3) is 17.6 Å². The summed E-state index contributed by atoms with van der Waals surface area (Å²) in [5, 5.41) is 20.6. The Morgan fingerprint density at radius 1 is 0.978 bits per heavy atom. The van der Waals surface area contributed by atoms with E-state index in [2.05, 4.69) is 36.1 Å². The maximum Gasteiger partial charge on any atom is 0.455 e. The van der Waals surface area contributed by atoms with Crippen LogP contribution in [0.15, 0.2) is 60.8 Å². The molecule has 0 aliphatic rings. The van der Waals surface area contributed by atoms with Gasteiger partial charge in [-0.15, -0.1) is 10.2 Å². The Kier molecular flexibility index (Phi) is 9.09. The summed E-state index contributed by atoms with van der Waals surface area (Å²) in [4.78, 5) is 32.2. The van der Waals surface area contributed by atoms with Crippen LogP contribution in [0.1, 0.15) is 56.5 Å². The van der Waals surface area contributed by atoms with Gasteiger partial charge in [-0.2, -0.15) is 23.1 Å². The van der Waals surface area contributed by atoms with Crippen molar-refractivity contribution in [2.75, 3.05) is 5.32 Å². The third-order valence-corrected chi connectivity index (χ3v) is 7.30. The Morgan fingerprint density at radius 3 is 2.40 bits per heavy atom. The van der Waals surface area contributed by atoms with Crippen LogP contribution in [-0.2, 0) is 12.7 Å². The molecule has 0 bridgehead atoms. The van der Waals surface area contributed by atoms with Gasteiger partial charge >= 0.3 is 6.18 Å². The number of benzene rings is 2. The summed E-state index contributed by atoms with van der Waals surface area (Å²) in [5.41, 5.74) is 1.37. The van der Waals surface area contributed by atoms with Crippen molar-refractivity contribution in [3.05, 3.63) is 110 Å². The van der Waals surface area contributed by atoms with Crippen molar-refractivity contribution in [3.8, 4) is 5.82 Å². The van der Waals surface area contributed by atoms with Gasteiger partial charge < -0.3 is 10.6 Å². The van der Waals surface area contributed by atoms with E-state index in [0.29, 0.717) is 20.9 Å². The molecule has 5 aromatic rings. The van der Waals surface area contributed by atoms with Crippen molar-refractivity contribution >= 4 is 52.3 Å². The molecule has 1 unspecified atom stereocenters. The molecule has 2 N–H and O–H groups in total. The molecule has 17 heteroatoms. The fraction of sp³-hybridized carbons (Fsp3) is 0.179. The number of alkyl halides is 3. The zero-order valence-electron chi connectivity index (χ0n) is 23.3. The standard InChI is InChI=1S/C28H21Cl3F3N9O2/c1-14-10-16(29)11-19(25(44)36-15(2)18-6-3-4-7-20(18)30)23(14)37-26(45)22-12-17(13-42-40-27(38-41-42)28(32,33)34)39-43(22)24-21(31)8-5-9-35-24/h3-12,15H,13H2,1-2H3,(H,36,44)(H,37,45). The minimum atomic E-state index is -4.80. The van der Waals surface area contributed by atoms with Crippen LogP contribution in [-0.4, -0.2) is 46.8 Å². The van der Waals surface area contributed by atoms with E-state index in [0.717, 1.165) is 4.68 Å². The lowest BCUT2D eigenvalue weighted by Gasteiger charge is -2.19. The molecule has 0 fully saturated rings. The third-order valence-electron chi connectivity index (χ3n) is 6.44. The quantitative estimate of drug-likeness (QED) is 0.196. The second-order valence-corrected chi connectivity index (χ2v) is 10.9. The van der Waals surface area contributed by atoms with E-state index in [-0.39, 0.29) is 45.0 Å². The highest BCUT2D eigenvalue weighted by molar-refractivity contribution is 6.32. The van der Waals surface area contributed by atoms with Crippen LogP contribution in [0, 0.1) is 6.92 Å². The number of pyridine rings is 1. The van der Waals surface area contributed by atoms with Gasteiger partial charge in [-0.25, -0.2) is 9.67 Å². The summed E-state index contributed by atoms with van der Waals surface area (Å²) in [7, 11) is 0. The zero-order chi connectivity index (χ0) is 32.5. The lowest BCUT2D eigenvalue weighted by molar-refractivity contribution is -0.145. The Morgan fingerprint density at radius 2 is 1.71 bits per heavy atom. The monoisotopic (exact) mass is 677 g/mol. The first-order chi connectivity index (χ1) is 21.3. The molecule has 0 spiro atoms. The van der Waals surface area contributed by atoms with Crippen LogP contribution in [0.25, 0.3) is 5.82 Å². The van der Waals surface area contributed by atoms with Crippen LogP contribution >= 0.6 is 34.8 Å². The number of tetrazole rings is 1. The molecule has 0 saturated heterocycles. The Labute approximate surface area is 268 Å². The Hall–Kier alpha value is -4.53. The van der Waals surface area contributed by atoms with E-state index < -0.39 is 29.9 Å². The van der Waals surface area contributed by atoms with Crippen molar-refractivity contribution in [2.45, 2.75) is 32.6 Å². The second-order valence-electron chi connectivity index (χ2n) is 9.70. The minimum absolute atomic E-state index is 0.0671. The van der Waals surface area contributed by atoms with E-state index in [1.165, 1.54) is 24.4 Å². The predicted octanol–water partition coefficient (Wildman–Crippen LogP) is 6.33. The van der Waals surface area contributed by atoms with Gasteiger partial charge in [0, 0.05) is 16.2 Å². The van der Waals surface area contributed by atoms with E-state index in [9.17, 15) is 22.8 Å². The number of rotatable bonds is 8. The van der Waals surface area contributed by atoms with Crippen molar-refractivity contribution in [2.24, 2.45) is 0 Å².